The summed E-state index contributed by atoms with van der Waals surface area (Å²) in [4.78, 5) is 38.0. The summed E-state index contributed by atoms with van der Waals surface area (Å²) < 4.78 is 4.36. The van der Waals surface area contributed by atoms with Gasteiger partial charge in [0.1, 0.15) is 5.82 Å². The minimum Gasteiger partial charge on any atom is -0.339 e. The van der Waals surface area contributed by atoms with E-state index >= 15 is 0 Å². The van der Waals surface area contributed by atoms with Gasteiger partial charge in [0.15, 0.2) is 0 Å². The number of hydrogen-bond donors (Lipinski definition) is 0. The van der Waals surface area contributed by atoms with Crippen LogP contribution in [0.4, 0.5) is 0 Å². The first-order chi connectivity index (χ1) is 23.0. The number of piperazine rings is 1. The van der Waals surface area contributed by atoms with E-state index in [9.17, 15) is 9.59 Å². The molecule has 2 saturated heterocycles. The van der Waals surface area contributed by atoms with E-state index in [4.69, 9.17) is 0 Å². The van der Waals surface area contributed by atoms with Crippen molar-refractivity contribution in [2.75, 3.05) is 46.3 Å². The Morgan fingerprint density at radius 2 is 1.55 bits per heavy atom. The van der Waals surface area contributed by atoms with Gasteiger partial charge in [-0.05, 0) is 60.7 Å². The molecule has 0 N–H and O–H groups in total. The number of likely N-dealkylation sites (tertiary alicyclic amines) is 1. The molecule has 0 radical (unpaired) electrons. The third-order valence-corrected chi connectivity index (χ3v) is 9.87. The molecular weight excluding hydrogens is 584 g/mol. The van der Waals surface area contributed by atoms with Crippen molar-refractivity contribution in [1.29, 1.82) is 0 Å². The number of aromatic nitrogens is 3. The third-order valence-electron chi connectivity index (χ3n) is 9.87. The number of carbonyl (C=O) groups is 2. The van der Waals surface area contributed by atoms with Gasteiger partial charge in [0.2, 0.25) is 5.91 Å². The molecule has 0 bridgehead atoms. The molecular formula is C39H42N6O2. The summed E-state index contributed by atoms with van der Waals surface area (Å²) in [5.41, 5.74) is 4.72. The maximum Gasteiger partial charge on any atom is 0.256 e. The third kappa shape index (κ3) is 6.38. The van der Waals surface area contributed by atoms with Crippen molar-refractivity contribution < 1.29 is 9.59 Å². The highest BCUT2D eigenvalue weighted by molar-refractivity contribution is 6.07. The second-order valence-corrected chi connectivity index (χ2v) is 12.9. The second kappa shape index (κ2) is 13.4. The van der Waals surface area contributed by atoms with E-state index < -0.39 is 0 Å². The fraction of sp³-hybridized carbons (Fsp3) is 0.308. The Kier molecular flexibility index (Phi) is 8.76. The molecule has 47 heavy (non-hydrogen) atoms. The van der Waals surface area contributed by atoms with Crippen molar-refractivity contribution in [2.24, 2.45) is 5.92 Å². The second-order valence-electron chi connectivity index (χ2n) is 12.9. The van der Waals surface area contributed by atoms with Crippen LogP contribution in [0.15, 0.2) is 97.6 Å². The first-order valence-corrected chi connectivity index (χ1v) is 16.7. The number of likely N-dealkylation sites (N-methyl/N-ethyl adjacent to an activating group) is 1. The number of nitrogens with zero attached hydrogens (tertiary/aromatic N) is 6. The number of hydrogen-bond acceptors (Lipinski definition) is 4. The van der Waals surface area contributed by atoms with Crippen LogP contribution >= 0.6 is 0 Å². The molecule has 2 fully saturated rings. The van der Waals surface area contributed by atoms with E-state index in [1.54, 1.807) is 6.08 Å². The molecule has 5 aromatic rings. The average Bonchev–Trinajstić information content (AvgIpc) is 3.71. The van der Waals surface area contributed by atoms with Gasteiger partial charge in [-0.1, -0.05) is 72.8 Å². The number of piperidine rings is 1. The molecule has 0 unspecified atom stereocenters. The summed E-state index contributed by atoms with van der Waals surface area (Å²) in [7, 11) is 2.11. The van der Waals surface area contributed by atoms with E-state index in [0.29, 0.717) is 5.92 Å². The molecule has 2 aliphatic rings. The van der Waals surface area contributed by atoms with Crippen molar-refractivity contribution >= 4 is 28.7 Å². The number of fused-ring (bicyclic) bond motifs is 1. The van der Waals surface area contributed by atoms with Gasteiger partial charge in [-0.25, -0.2) is 4.98 Å². The maximum atomic E-state index is 14.3. The van der Waals surface area contributed by atoms with Crippen molar-refractivity contribution in [1.82, 2.24) is 28.8 Å². The Labute approximate surface area is 276 Å². The normalized spacial score (nSPS) is 16.4. The van der Waals surface area contributed by atoms with Crippen molar-refractivity contribution in [3.63, 3.8) is 0 Å². The van der Waals surface area contributed by atoms with Crippen LogP contribution in [0, 0.1) is 12.8 Å². The van der Waals surface area contributed by atoms with E-state index in [-0.39, 0.29) is 11.8 Å². The summed E-state index contributed by atoms with van der Waals surface area (Å²) in [5.74, 6) is 1.52. The highest BCUT2D eigenvalue weighted by Gasteiger charge is 2.29. The molecule has 8 nitrogen and oxygen atoms in total. The van der Waals surface area contributed by atoms with Crippen LogP contribution in [0.5, 0.6) is 0 Å². The van der Waals surface area contributed by atoms with Gasteiger partial charge < -0.3 is 23.8 Å². The zero-order valence-electron chi connectivity index (χ0n) is 27.3. The molecule has 7 rings (SSSR count). The average molecular weight is 627 g/mol. The van der Waals surface area contributed by atoms with Gasteiger partial charge in [-0.15, -0.1) is 0 Å². The van der Waals surface area contributed by atoms with E-state index in [1.807, 2.05) is 58.7 Å². The molecule has 0 saturated carbocycles. The Morgan fingerprint density at radius 3 is 2.34 bits per heavy atom. The molecule has 2 aromatic heterocycles. The number of imidazole rings is 1. The molecule has 8 heteroatoms. The van der Waals surface area contributed by atoms with Crippen LogP contribution in [0.25, 0.3) is 33.8 Å². The van der Waals surface area contributed by atoms with Gasteiger partial charge in [0.05, 0.1) is 18.1 Å². The molecule has 2 amide bonds. The fourth-order valence-corrected chi connectivity index (χ4v) is 7.05. The standard InChI is InChI=1S/C39H42N6O2/c1-29-38(39(47)43-23-21-41(2)22-24-43)35(34-14-8-12-32-11-6-7-13-33(32)34)27-45(29)36-25-40-28-44(36)26-31-17-19-42(20-18-31)37(46)16-15-30-9-4-3-5-10-30/h3-16,25,27-28,31H,17-24,26H2,1-2H3. The van der Waals surface area contributed by atoms with E-state index in [0.717, 1.165) is 103 Å². The van der Waals surface area contributed by atoms with Gasteiger partial charge in [-0.2, -0.15) is 0 Å². The van der Waals surface area contributed by atoms with Crippen molar-refractivity contribution in [3.8, 4) is 16.9 Å². The SMILES string of the molecule is Cc1c(C(=O)N2CCN(C)CC2)c(-c2cccc3ccccc23)cn1-c1cncn1CC1CCN(C(=O)C=Cc2ccccc2)CC1. The molecule has 0 spiro atoms. The summed E-state index contributed by atoms with van der Waals surface area (Å²) >= 11 is 0. The van der Waals surface area contributed by atoms with Crippen LogP contribution in [0.2, 0.25) is 0 Å². The largest absolute Gasteiger partial charge is 0.339 e. The molecule has 3 aromatic carbocycles. The number of benzene rings is 3. The van der Waals surface area contributed by atoms with Crippen LogP contribution in [-0.4, -0.2) is 86.9 Å². The first kappa shape index (κ1) is 30.7. The number of carbonyl (C=O) groups excluding carboxylic acids is 2. The lowest BCUT2D eigenvalue weighted by Gasteiger charge is -2.32. The van der Waals surface area contributed by atoms with Crippen molar-refractivity contribution in [3.05, 3.63) is 114 Å². The predicted octanol–water partition coefficient (Wildman–Crippen LogP) is 6.14. The lowest BCUT2D eigenvalue weighted by molar-refractivity contribution is -0.127. The zero-order chi connectivity index (χ0) is 32.3. The Morgan fingerprint density at radius 1 is 0.830 bits per heavy atom. The Balaban J connectivity index is 1.15. The Bertz CT molecular complexity index is 1900. The van der Waals surface area contributed by atoms with E-state index in [1.165, 1.54) is 0 Å². The van der Waals surface area contributed by atoms with E-state index in [2.05, 4.69) is 81.7 Å². The molecule has 0 atom stereocenters. The van der Waals surface area contributed by atoms with Crippen molar-refractivity contribution in [2.45, 2.75) is 26.3 Å². The lowest BCUT2D eigenvalue weighted by atomic mass is 9.96. The predicted molar refractivity (Wildman–Crippen MR) is 187 cm³/mol. The summed E-state index contributed by atoms with van der Waals surface area (Å²) in [6.45, 7) is 7.52. The molecule has 4 heterocycles. The number of amides is 2. The maximum absolute atomic E-state index is 14.3. The van der Waals surface area contributed by atoms with Gasteiger partial charge in [0.25, 0.3) is 5.91 Å². The smallest absolute Gasteiger partial charge is 0.256 e. The lowest BCUT2D eigenvalue weighted by Crippen LogP contribution is -2.47. The monoisotopic (exact) mass is 626 g/mol. The van der Waals surface area contributed by atoms with Gasteiger partial charge in [-0.3, -0.25) is 9.59 Å². The molecule has 240 valence electrons. The summed E-state index contributed by atoms with van der Waals surface area (Å²) in [6, 6.07) is 24.6. The zero-order valence-corrected chi connectivity index (χ0v) is 27.3. The Hall–Kier alpha value is -4.95. The summed E-state index contributed by atoms with van der Waals surface area (Å²) in [6.07, 6.45) is 11.4. The highest BCUT2D eigenvalue weighted by atomic mass is 16.2. The fourth-order valence-electron chi connectivity index (χ4n) is 7.05. The molecule has 2 aliphatic heterocycles. The molecule has 0 aliphatic carbocycles. The first-order valence-electron chi connectivity index (χ1n) is 16.7. The minimum atomic E-state index is 0.0668. The van der Waals surface area contributed by atoms with Gasteiger partial charge >= 0.3 is 0 Å². The van der Waals surface area contributed by atoms with Crippen LogP contribution in [0.1, 0.15) is 34.5 Å². The number of rotatable bonds is 7. The van der Waals surface area contributed by atoms with Crippen LogP contribution in [0.3, 0.4) is 0 Å². The highest BCUT2D eigenvalue weighted by Crippen LogP contribution is 2.36. The minimum absolute atomic E-state index is 0.0668. The van der Waals surface area contributed by atoms with Crippen LogP contribution in [-0.2, 0) is 11.3 Å². The van der Waals surface area contributed by atoms with Crippen LogP contribution < -0.4 is 0 Å². The quantitative estimate of drug-likeness (QED) is 0.204. The summed E-state index contributed by atoms with van der Waals surface area (Å²) in [5, 5.41) is 2.28. The topological polar surface area (TPSA) is 66.6 Å². The van der Waals surface area contributed by atoms with Gasteiger partial charge in [0, 0.05) is 69.3 Å².